The quantitative estimate of drug-likeness (QED) is 0.453. The van der Waals surface area contributed by atoms with E-state index in [9.17, 15) is 4.79 Å². The van der Waals surface area contributed by atoms with Gasteiger partial charge < -0.3 is 23.8 Å². The minimum Gasteiger partial charge on any atom is -0.493 e. The first-order valence-electron chi connectivity index (χ1n) is 10.5. The highest BCUT2D eigenvalue weighted by Gasteiger charge is 2.11. The van der Waals surface area contributed by atoms with Crippen molar-refractivity contribution in [2.75, 3.05) is 48.6 Å². The number of likely N-dealkylation sites (N-methyl/N-ethyl adjacent to an activating group) is 1. The number of fused-ring (bicyclic) bond motifs is 1. The summed E-state index contributed by atoms with van der Waals surface area (Å²) >= 11 is 0. The second-order valence-corrected chi connectivity index (χ2v) is 7.56. The number of hydrogen-bond acceptors (Lipinski definition) is 7. The van der Waals surface area contributed by atoms with E-state index in [1.807, 2.05) is 12.1 Å². The van der Waals surface area contributed by atoms with Crippen LogP contribution in [0.4, 0.5) is 0 Å². The van der Waals surface area contributed by atoms with E-state index in [0.29, 0.717) is 23.4 Å². The number of aryl methyl sites for hydroxylation is 1. The Kier molecular flexibility index (Phi) is 7.94. The Hall–Kier alpha value is -3.26. The van der Waals surface area contributed by atoms with E-state index in [4.69, 9.17) is 18.9 Å². The monoisotopic (exact) mass is 441 g/mol. The van der Waals surface area contributed by atoms with Gasteiger partial charge in [-0.15, -0.1) is 0 Å². The summed E-state index contributed by atoms with van der Waals surface area (Å²) in [7, 11) is 8.48. The number of methoxy groups -OCH3 is 4. The van der Waals surface area contributed by atoms with Crippen LogP contribution < -0.4 is 24.5 Å². The van der Waals surface area contributed by atoms with Crippen molar-refractivity contribution in [3.05, 3.63) is 52.4 Å². The van der Waals surface area contributed by atoms with E-state index in [1.54, 1.807) is 46.8 Å². The van der Waals surface area contributed by atoms with Crippen LogP contribution in [0.2, 0.25) is 0 Å². The predicted octanol–water partition coefficient (Wildman–Crippen LogP) is 3.00. The molecule has 8 heteroatoms. The SMILES string of the molecule is COc1ccc(CCN(C)CCCn2ncc3cc(OC)c(OC)cc3c2=O)cc1OC. The summed E-state index contributed by atoms with van der Waals surface area (Å²) < 4.78 is 22.8. The van der Waals surface area contributed by atoms with E-state index in [-0.39, 0.29) is 5.56 Å². The third kappa shape index (κ3) is 5.31. The van der Waals surface area contributed by atoms with Gasteiger partial charge >= 0.3 is 0 Å². The predicted molar refractivity (Wildman–Crippen MR) is 124 cm³/mol. The van der Waals surface area contributed by atoms with E-state index in [2.05, 4.69) is 23.1 Å². The molecule has 2 aromatic carbocycles. The zero-order valence-electron chi connectivity index (χ0n) is 19.4. The van der Waals surface area contributed by atoms with Gasteiger partial charge in [-0.3, -0.25) is 4.79 Å². The summed E-state index contributed by atoms with van der Waals surface area (Å²) in [6, 6.07) is 9.47. The fourth-order valence-electron chi connectivity index (χ4n) is 3.63. The molecule has 0 saturated carbocycles. The minimum atomic E-state index is -0.128. The topological polar surface area (TPSA) is 75.0 Å². The molecule has 8 nitrogen and oxygen atoms in total. The summed E-state index contributed by atoms with van der Waals surface area (Å²) in [4.78, 5) is 15.1. The molecule has 0 fully saturated rings. The van der Waals surface area contributed by atoms with Crippen LogP contribution >= 0.6 is 0 Å². The van der Waals surface area contributed by atoms with Crippen molar-refractivity contribution >= 4 is 10.8 Å². The van der Waals surface area contributed by atoms with Gasteiger partial charge in [-0.25, -0.2) is 4.68 Å². The number of benzene rings is 2. The zero-order chi connectivity index (χ0) is 23.1. The average Bonchev–Trinajstić information content (AvgIpc) is 2.83. The molecule has 0 amide bonds. The molecule has 3 aromatic rings. The first kappa shape index (κ1) is 23.4. The van der Waals surface area contributed by atoms with Gasteiger partial charge in [0.15, 0.2) is 23.0 Å². The maximum Gasteiger partial charge on any atom is 0.274 e. The van der Waals surface area contributed by atoms with Crippen LogP contribution in [0.1, 0.15) is 12.0 Å². The van der Waals surface area contributed by atoms with Gasteiger partial charge in [-0.1, -0.05) is 6.07 Å². The van der Waals surface area contributed by atoms with Crippen molar-refractivity contribution in [1.29, 1.82) is 0 Å². The normalized spacial score (nSPS) is 11.1. The highest BCUT2D eigenvalue weighted by molar-refractivity contribution is 5.84. The Morgan fingerprint density at radius 2 is 1.53 bits per heavy atom. The van der Waals surface area contributed by atoms with Gasteiger partial charge in [0.25, 0.3) is 5.56 Å². The average molecular weight is 442 g/mol. The minimum absolute atomic E-state index is 0.128. The van der Waals surface area contributed by atoms with Crippen LogP contribution in [0.15, 0.2) is 41.3 Å². The lowest BCUT2D eigenvalue weighted by molar-refractivity contribution is 0.320. The van der Waals surface area contributed by atoms with Crippen molar-refractivity contribution in [3.8, 4) is 23.0 Å². The molecular formula is C24H31N3O5. The standard InChI is InChI=1S/C24H31N3O5/c1-26(12-9-17-7-8-20(29-2)21(13-17)30-3)10-6-11-27-24(28)19-15-23(32-5)22(31-4)14-18(19)16-25-27/h7-8,13-16H,6,9-12H2,1-5H3. The third-order valence-electron chi connectivity index (χ3n) is 5.50. The smallest absolute Gasteiger partial charge is 0.274 e. The molecule has 32 heavy (non-hydrogen) atoms. The van der Waals surface area contributed by atoms with Crippen LogP contribution in [0, 0.1) is 0 Å². The summed E-state index contributed by atoms with van der Waals surface area (Å²) in [6.07, 6.45) is 3.40. The molecule has 0 radical (unpaired) electrons. The third-order valence-corrected chi connectivity index (χ3v) is 5.50. The van der Waals surface area contributed by atoms with Gasteiger partial charge in [0.2, 0.25) is 0 Å². The van der Waals surface area contributed by atoms with Gasteiger partial charge in [0.1, 0.15) is 0 Å². The molecule has 0 atom stereocenters. The molecule has 0 saturated heterocycles. The summed E-state index contributed by atoms with van der Waals surface area (Å²) in [5.41, 5.74) is 1.06. The Balaban J connectivity index is 1.57. The molecule has 1 heterocycles. The van der Waals surface area contributed by atoms with E-state index >= 15 is 0 Å². The number of nitrogens with zero attached hydrogens (tertiary/aromatic N) is 3. The summed E-state index contributed by atoms with van der Waals surface area (Å²) in [5.74, 6) is 2.58. The number of hydrogen-bond donors (Lipinski definition) is 0. The molecule has 3 rings (SSSR count). The Morgan fingerprint density at radius 1 is 0.875 bits per heavy atom. The number of aromatic nitrogens is 2. The number of rotatable bonds is 11. The fraction of sp³-hybridized carbons (Fsp3) is 0.417. The molecule has 0 N–H and O–H groups in total. The van der Waals surface area contributed by atoms with Crippen molar-refractivity contribution < 1.29 is 18.9 Å². The van der Waals surface area contributed by atoms with Crippen LogP contribution in [-0.2, 0) is 13.0 Å². The van der Waals surface area contributed by atoms with E-state index < -0.39 is 0 Å². The molecule has 172 valence electrons. The first-order valence-corrected chi connectivity index (χ1v) is 10.5. The summed E-state index contributed by atoms with van der Waals surface area (Å²) in [5, 5.41) is 5.63. The van der Waals surface area contributed by atoms with Gasteiger partial charge in [0, 0.05) is 18.5 Å². The Morgan fingerprint density at radius 3 is 2.22 bits per heavy atom. The molecule has 0 bridgehead atoms. The van der Waals surface area contributed by atoms with Crippen molar-refractivity contribution in [2.24, 2.45) is 0 Å². The van der Waals surface area contributed by atoms with Gasteiger partial charge in [0.05, 0.1) is 40.0 Å². The van der Waals surface area contributed by atoms with Gasteiger partial charge in [-0.05, 0) is 56.3 Å². The van der Waals surface area contributed by atoms with E-state index in [1.165, 1.54) is 10.2 Å². The highest BCUT2D eigenvalue weighted by Crippen LogP contribution is 2.30. The summed E-state index contributed by atoms with van der Waals surface area (Å²) in [6.45, 7) is 2.29. The number of ether oxygens (including phenoxy) is 4. The van der Waals surface area contributed by atoms with E-state index in [0.717, 1.165) is 42.8 Å². The molecule has 0 spiro atoms. The van der Waals surface area contributed by atoms with Crippen LogP contribution in [0.5, 0.6) is 23.0 Å². The molecule has 1 aromatic heterocycles. The maximum atomic E-state index is 12.9. The molecule has 0 aliphatic heterocycles. The second-order valence-electron chi connectivity index (χ2n) is 7.56. The molecule has 0 aliphatic rings. The second kappa shape index (κ2) is 10.9. The fourth-order valence-corrected chi connectivity index (χ4v) is 3.63. The highest BCUT2D eigenvalue weighted by atomic mass is 16.5. The van der Waals surface area contributed by atoms with Crippen LogP contribution in [-0.4, -0.2) is 63.3 Å². The molecule has 0 unspecified atom stereocenters. The Bertz CT molecular complexity index is 1110. The zero-order valence-corrected chi connectivity index (χ0v) is 19.4. The lowest BCUT2D eigenvalue weighted by atomic mass is 10.1. The van der Waals surface area contributed by atoms with Crippen LogP contribution in [0.3, 0.4) is 0 Å². The molecular weight excluding hydrogens is 410 g/mol. The maximum absolute atomic E-state index is 12.9. The van der Waals surface area contributed by atoms with Crippen LogP contribution in [0.25, 0.3) is 10.8 Å². The van der Waals surface area contributed by atoms with Crippen molar-refractivity contribution in [3.63, 3.8) is 0 Å². The lowest BCUT2D eigenvalue weighted by Gasteiger charge is -2.17. The lowest BCUT2D eigenvalue weighted by Crippen LogP contribution is -2.27. The van der Waals surface area contributed by atoms with Gasteiger partial charge in [-0.2, -0.15) is 5.10 Å². The largest absolute Gasteiger partial charge is 0.493 e. The Labute approximate surface area is 188 Å². The first-order chi connectivity index (χ1) is 15.5. The van der Waals surface area contributed by atoms with Crippen molar-refractivity contribution in [2.45, 2.75) is 19.4 Å². The molecule has 0 aliphatic carbocycles. The van der Waals surface area contributed by atoms with Crippen molar-refractivity contribution in [1.82, 2.24) is 14.7 Å².